The van der Waals surface area contributed by atoms with E-state index in [4.69, 9.17) is 11.6 Å². The molecule has 6 nitrogen and oxygen atoms in total. The minimum absolute atomic E-state index is 0.241. The number of hydrogen-bond donors (Lipinski definition) is 1. The van der Waals surface area contributed by atoms with Gasteiger partial charge in [0.05, 0.1) is 18.4 Å². The van der Waals surface area contributed by atoms with Crippen LogP contribution in [0.2, 0.25) is 5.02 Å². The van der Waals surface area contributed by atoms with Crippen molar-refractivity contribution in [3.8, 4) is 11.3 Å². The van der Waals surface area contributed by atoms with Crippen LogP contribution in [0.25, 0.3) is 11.3 Å². The summed E-state index contributed by atoms with van der Waals surface area (Å²) >= 11 is 7.36. The Morgan fingerprint density at radius 1 is 1.15 bits per heavy atom. The molecule has 8 heteroatoms. The predicted molar refractivity (Wildman–Crippen MR) is 106 cm³/mol. The van der Waals surface area contributed by atoms with Gasteiger partial charge < -0.3 is 0 Å². The summed E-state index contributed by atoms with van der Waals surface area (Å²) in [6, 6.07) is 17.3. The Kier molecular flexibility index (Phi) is 4.95. The molecule has 134 valence electrons. The molecule has 0 saturated carbocycles. The number of aromatic nitrogens is 4. The molecular weight excluding hydrogens is 382 g/mol. The summed E-state index contributed by atoms with van der Waals surface area (Å²) in [4.78, 5) is 16.8. The number of nitrogens with zero attached hydrogens (tertiary/aromatic N) is 4. The Balaban J connectivity index is 1.44. The zero-order valence-electron chi connectivity index (χ0n) is 14.0. The summed E-state index contributed by atoms with van der Waals surface area (Å²) < 4.78 is 1.63. The van der Waals surface area contributed by atoms with E-state index < -0.39 is 0 Å². The average molecular weight is 396 g/mol. The van der Waals surface area contributed by atoms with E-state index in [0.29, 0.717) is 16.7 Å². The Hall–Kier alpha value is -3.03. The van der Waals surface area contributed by atoms with Crippen LogP contribution in [-0.4, -0.2) is 25.9 Å². The van der Waals surface area contributed by atoms with Crippen molar-refractivity contribution < 1.29 is 4.79 Å². The summed E-state index contributed by atoms with van der Waals surface area (Å²) in [7, 11) is 0. The highest BCUT2D eigenvalue weighted by atomic mass is 35.5. The Morgan fingerprint density at radius 2 is 2.00 bits per heavy atom. The standard InChI is InChI=1S/C19H14ClN5OS/c20-15-8-4-7-14(9-15)17-12-27-19(21-17)22-18(26)16-11-25(24-23-16)10-13-5-2-1-3-6-13/h1-9,11-12H,10H2,(H,21,22,26). The molecule has 0 atom stereocenters. The third-order valence-corrected chi connectivity index (χ3v) is 4.80. The molecule has 0 spiro atoms. The minimum Gasteiger partial charge on any atom is -0.296 e. The predicted octanol–water partition coefficient (Wildman–Crippen LogP) is 4.36. The molecule has 1 amide bonds. The zero-order chi connectivity index (χ0) is 18.6. The number of carbonyl (C=O) groups is 1. The number of hydrogen-bond acceptors (Lipinski definition) is 5. The maximum Gasteiger partial charge on any atom is 0.279 e. The third kappa shape index (κ3) is 4.21. The fourth-order valence-electron chi connectivity index (χ4n) is 2.52. The Bertz CT molecular complexity index is 1080. The van der Waals surface area contributed by atoms with E-state index in [2.05, 4.69) is 20.6 Å². The van der Waals surface area contributed by atoms with E-state index in [-0.39, 0.29) is 11.6 Å². The number of carbonyl (C=O) groups excluding carboxylic acids is 1. The molecule has 4 aromatic rings. The number of nitrogens with one attached hydrogen (secondary N) is 1. The van der Waals surface area contributed by atoms with Gasteiger partial charge in [0.15, 0.2) is 10.8 Å². The first-order valence-electron chi connectivity index (χ1n) is 8.14. The van der Waals surface area contributed by atoms with Crippen molar-refractivity contribution >= 4 is 34.0 Å². The molecule has 27 heavy (non-hydrogen) atoms. The summed E-state index contributed by atoms with van der Waals surface area (Å²) in [5.41, 5.74) is 2.98. The van der Waals surface area contributed by atoms with Crippen molar-refractivity contribution in [1.29, 1.82) is 0 Å². The first-order valence-corrected chi connectivity index (χ1v) is 9.40. The van der Waals surface area contributed by atoms with Crippen LogP contribution in [-0.2, 0) is 6.54 Å². The Morgan fingerprint density at radius 3 is 2.81 bits per heavy atom. The minimum atomic E-state index is -0.346. The molecule has 0 radical (unpaired) electrons. The first-order chi connectivity index (χ1) is 13.2. The molecule has 4 rings (SSSR count). The normalized spacial score (nSPS) is 10.7. The number of amides is 1. The number of halogens is 1. The van der Waals surface area contributed by atoms with E-state index >= 15 is 0 Å². The quantitative estimate of drug-likeness (QED) is 0.545. The third-order valence-electron chi connectivity index (χ3n) is 3.80. The second kappa shape index (κ2) is 7.69. The van der Waals surface area contributed by atoms with Gasteiger partial charge in [0.1, 0.15) is 0 Å². The van der Waals surface area contributed by atoms with Crippen LogP contribution in [0.15, 0.2) is 66.2 Å². The lowest BCUT2D eigenvalue weighted by Gasteiger charge is -2.00. The van der Waals surface area contributed by atoms with Crippen LogP contribution >= 0.6 is 22.9 Å². The summed E-state index contributed by atoms with van der Waals surface area (Å²) in [5, 5.41) is 13.7. The van der Waals surface area contributed by atoms with Crippen LogP contribution in [0.1, 0.15) is 16.1 Å². The maximum absolute atomic E-state index is 12.4. The lowest BCUT2D eigenvalue weighted by Crippen LogP contribution is -2.12. The second-order valence-corrected chi connectivity index (χ2v) is 7.08. The van der Waals surface area contributed by atoms with Gasteiger partial charge in [-0.25, -0.2) is 9.67 Å². The highest BCUT2D eigenvalue weighted by Crippen LogP contribution is 2.26. The largest absolute Gasteiger partial charge is 0.296 e. The van der Waals surface area contributed by atoms with E-state index in [9.17, 15) is 4.79 Å². The highest BCUT2D eigenvalue weighted by Gasteiger charge is 2.14. The van der Waals surface area contributed by atoms with Crippen molar-refractivity contribution in [3.63, 3.8) is 0 Å². The molecule has 0 saturated heterocycles. The van der Waals surface area contributed by atoms with Gasteiger partial charge in [0, 0.05) is 16.0 Å². The molecule has 0 bridgehead atoms. The molecule has 0 fully saturated rings. The van der Waals surface area contributed by atoms with E-state index in [1.54, 1.807) is 16.9 Å². The molecule has 2 aromatic carbocycles. The highest BCUT2D eigenvalue weighted by molar-refractivity contribution is 7.14. The fourth-order valence-corrected chi connectivity index (χ4v) is 3.43. The van der Waals surface area contributed by atoms with Crippen LogP contribution in [0, 0.1) is 0 Å². The zero-order valence-corrected chi connectivity index (χ0v) is 15.6. The van der Waals surface area contributed by atoms with Crippen molar-refractivity contribution in [2.75, 3.05) is 5.32 Å². The van der Waals surface area contributed by atoms with Crippen molar-refractivity contribution in [2.45, 2.75) is 6.54 Å². The Labute approximate surface area is 164 Å². The van der Waals surface area contributed by atoms with Crippen molar-refractivity contribution in [1.82, 2.24) is 20.0 Å². The van der Waals surface area contributed by atoms with Crippen LogP contribution < -0.4 is 5.32 Å². The molecule has 0 aliphatic rings. The van der Waals surface area contributed by atoms with Gasteiger partial charge in [-0.15, -0.1) is 16.4 Å². The lowest BCUT2D eigenvalue weighted by molar-refractivity contribution is 0.102. The van der Waals surface area contributed by atoms with Crippen molar-refractivity contribution in [3.05, 3.63) is 82.5 Å². The topological polar surface area (TPSA) is 72.7 Å². The van der Waals surface area contributed by atoms with E-state index in [1.807, 2.05) is 53.9 Å². The monoisotopic (exact) mass is 395 g/mol. The maximum atomic E-state index is 12.4. The number of anilines is 1. The molecule has 1 N–H and O–H groups in total. The van der Waals surface area contributed by atoms with Crippen LogP contribution in [0.4, 0.5) is 5.13 Å². The average Bonchev–Trinajstić information content (AvgIpc) is 3.32. The van der Waals surface area contributed by atoms with E-state index in [1.165, 1.54) is 11.3 Å². The van der Waals surface area contributed by atoms with Gasteiger partial charge in [0.2, 0.25) is 0 Å². The molecule has 0 aliphatic heterocycles. The van der Waals surface area contributed by atoms with Gasteiger partial charge in [-0.05, 0) is 17.7 Å². The van der Waals surface area contributed by atoms with Gasteiger partial charge in [-0.2, -0.15) is 0 Å². The second-order valence-electron chi connectivity index (χ2n) is 5.79. The molecular formula is C19H14ClN5OS. The number of thiazole rings is 1. The summed E-state index contributed by atoms with van der Waals surface area (Å²) in [5.74, 6) is -0.346. The van der Waals surface area contributed by atoms with Crippen LogP contribution in [0.3, 0.4) is 0 Å². The van der Waals surface area contributed by atoms with Gasteiger partial charge in [-0.3, -0.25) is 10.1 Å². The van der Waals surface area contributed by atoms with E-state index in [0.717, 1.165) is 16.8 Å². The summed E-state index contributed by atoms with van der Waals surface area (Å²) in [6.07, 6.45) is 1.62. The molecule has 2 aromatic heterocycles. The molecule has 2 heterocycles. The smallest absolute Gasteiger partial charge is 0.279 e. The summed E-state index contributed by atoms with van der Waals surface area (Å²) in [6.45, 7) is 0.553. The number of benzene rings is 2. The number of rotatable bonds is 5. The molecule has 0 unspecified atom stereocenters. The van der Waals surface area contributed by atoms with Gasteiger partial charge in [-0.1, -0.05) is 59.3 Å². The van der Waals surface area contributed by atoms with Crippen LogP contribution in [0.5, 0.6) is 0 Å². The lowest BCUT2D eigenvalue weighted by atomic mass is 10.2. The first kappa shape index (κ1) is 17.4. The SMILES string of the molecule is O=C(Nc1nc(-c2cccc(Cl)c2)cs1)c1cn(Cc2ccccc2)nn1. The van der Waals surface area contributed by atoms with Crippen molar-refractivity contribution in [2.24, 2.45) is 0 Å². The molecule has 0 aliphatic carbocycles. The van der Waals surface area contributed by atoms with Gasteiger partial charge in [0.25, 0.3) is 5.91 Å². The fraction of sp³-hybridized carbons (Fsp3) is 0.0526. The van der Waals surface area contributed by atoms with Gasteiger partial charge >= 0.3 is 0 Å².